The second kappa shape index (κ2) is 6.00. The SMILES string of the molecule is Cc1nc(SCc2cc(-c3cccs3)on2)sc1C(=O)O. The molecule has 0 aromatic carbocycles. The zero-order chi connectivity index (χ0) is 14.8. The number of aromatic nitrogens is 2. The van der Waals surface area contributed by atoms with Crippen molar-refractivity contribution in [1.82, 2.24) is 10.1 Å². The smallest absolute Gasteiger partial charge is 0.347 e. The lowest BCUT2D eigenvalue weighted by Crippen LogP contribution is -1.94. The molecular formula is C13H10N2O3S3. The molecule has 0 saturated heterocycles. The van der Waals surface area contributed by atoms with E-state index in [9.17, 15) is 4.79 Å². The quantitative estimate of drug-likeness (QED) is 0.704. The van der Waals surface area contributed by atoms with E-state index in [1.165, 1.54) is 23.1 Å². The summed E-state index contributed by atoms with van der Waals surface area (Å²) in [6.45, 7) is 1.70. The number of aromatic carboxylic acids is 1. The third-order valence-electron chi connectivity index (χ3n) is 2.64. The Labute approximate surface area is 132 Å². The van der Waals surface area contributed by atoms with Gasteiger partial charge in [0.05, 0.1) is 16.3 Å². The first-order valence-corrected chi connectivity index (χ1v) is 8.64. The Kier molecular flexibility index (Phi) is 4.09. The molecule has 8 heteroatoms. The minimum absolute atomic E-state index is 0.289. The van der Waals surface area contributed by atoms with Gasteiger partial charge in [0.1, 0.15) is 4.88 Å². The maximum absolute atomic E-state index is 11.0. The van der Waals surface area contributed by atoms with Gasteiger partial charge in [0.25, 0.3) is 0 Å². The summed E-state index contributed by atoms with van der Waals surface area (Å²) in [6, 6.07) is 5.84. The number of thioether (sulfide) groups is 1. The van der Waals surface area contributed by atoms with Crippen molar-refractivity contribution in [1.29, 1.82) is 0 Å². The largest absolute Gasteiger partial charge is 0.477 e. The van der Waals surface area contributed by atoms with E-state index in [0.717, 1.165) is 20.7 Å². The van der Waals surface area contributed by atoms with Gasteiger partial charge in [-0.3, -0.25) is 0 Å². The zero-order valence-electron chi connectivity index (χ0n) is 10.9. The fourth-order valence-electron chi connectivity index (χ4n) is 1.68. The molecule has 3 aromatic rings. The summed E-state index contributed by atoms with van der Waals surface area (Å²) in [6.07, 6.45) is 0. The van der Waals surface area contributed by atoms with E-state index >= 15 is 0 Å². The normalized spacial score (nSPS) is 10.9. The first-order chi connectivity index (χ1) is 10.1. The Bertz CT molecular complexity index is 762. The molecular weight excluding hydrogens is 328 g/mol. The number of hydrogen-bond donors (Lipinski definition) is 1. The highest BCUT2D eigenvalue weighted by atomic mass is 32.2. The highest BCUT2D eigenvalue weighted by Crippen LogP contribution is 2.31. The molecule has 5 nitrogen and oxygen atoms in total. The van der Waals surface area contributed by atoms with Crippen LogP contribution in [0.25, 0.3) is 10.6 Å². The van der Waals surface area contributed by atoms with Crippen LogP contribution in [0.2, 0.25) is 0 Å². The van der Waals surface area contributed by atoms with Crippen molar-refractivity contribution in [2.45, 2.75) is 17.0 Å². The van der Waals surface area contributed by atoms with Crippen LogP contribution in [0.5, 0.6) is 0 Å². The lowest BCUT2D eigenvalue weighted by molar-refractivity contribution is 0.0701. The molecule has 0 radical (unpaired) electrons. The highest BCUT2D eigenvalue weighted by Gasteiger charge is 2.15. The molecule has 0 spiro atoms. The van der Waals surface area contributed by atoms with Crippen LogP contribution in [0.4, 0.5) is 0 Å². The van der Waals surface area contributed by atoms with Gasteiger partial charge in [-0.25, -0.2) is 9.78 Å². The maximum atomic E-state index is 11.0. The van der Waals surface area contributed by atoms with Gasteiger partial charge in [0.15, 0.2) is 10.1 Å². The van der Waals surface area contributed by atoms with E-state index < -0.39 is 5.97 Å². The molecule has 21 heavy (non-hydrogen) atoms. The first-order valence-electron chi connectivity index (χ1n) is 5.96. The minimum atomic E-state index is -0.932. The van der Waals surface area contributed by atoms with Crippen LogP contribution in [0.3, 0.4) is 0 Å². The standard InChI is InChI=1S/C13H10N2O3S3/c1-7-11(12(16)17)21-13(14-7)20-6-8-5-9(18-15-8)10-3-2-4-19-10/h2-5H,6H2,1H3,(H,16,17). The van der Waals surface area contributed by atoms with Crippen LogP contribution in [0.1, 0.15) is 21.1 Å². The van der Waals surface area contributed by atoms with Gasteiger partial charge in [-0.1, -0.05) is 23.0 Å². The molecule has 3 aromatic heterocycles. The summed E-state index contributed by atoms with van der Waals surface area (Å²) < 4.78 is 6.03. The van der Waals surface area contributed by atoms with Gasteiger partial charge in [-0.05, 0) is 18.4 Å². The molecule has 0 aliphatic heterocycles. The third kappa shape index (κ3) is 3.17. The van der Waals surface area contributed by atoms with Crippen LogP contribution < -0.4 is 0 Å². The zero-order valence-corrected chi connectivity index (χ0v) is 13.3. The summed E-state index contributed by atoms with van der Waals surface area (Å²) >= 11 is 4.25. The molecule has 108 valence electrons. The van der Waals surface area contributed by atoms with Crippen LogP contribution in [0, 0.1) is 6.92 Å². The van der Waals surface area contributed by atoms with Gasteiger partial charge in [-0.2, -0.15) is 0 Å². The van der Waals surface area contributed by atoms with Crippen molar-refractivity contribution in [3.05, 3.63) is 39.8 Å². The van der Waals surface area contributed by atoms with E-state index in [2.05, 4.69) is 10.1 Å². The number of thiophene rings is 1. The summed E-state index contributed by atoms with van der Waals surface area (Å²) in [5.41, 5.74) is 1.36. The Balaban J connectivity index is 1.68. The summed E-state index contributed by atoms with van der Waals surface area (Å²) in [4.78, 5) is 16.6. The van der Waals surface area contributed by atoms with E-state index in [4.69, 9.17) is 9.63 Å². The summed E-state index contributed by atoms with van der Waals surface area (Å²) in [7, 11) is 0. The highest BCUT2D eigenvalue weighted by molar-refractivity contribution is 8.00. The van der Waals surface area contributed by atoms with Crippen LogP contribution in [-0.2, 0) is 5.75 Å². The molecule has 0 fully saturated rings. The number of carboxylic acid groups (broad SMARTS) is 1. The van der Waals surface area contributed by atoms with E-state index in [0.29, 0.717) is 11.4 Å². The monoisotopic (exact) mass is 338 g/mol. The van der Waals surface area contributed by atoms with Gasteiger partial charge in [-0.15, -0.1) is 22.7 Å². The number of aryl methyl sites for hydroxylation is 1. The van der Waals surface area contributed by atoms with E-state index in [1.54, 1.807) is 18.3 Å². The maximum Gasteiger partial charge on any atom is 0.347 e. The van der Waals surface area contributed by atoms with Crippen molar-refractivity contribution < 1.29 is 14.4 Å². The van der Waals surface area contributed by atoms with E-state index in [1.807, 2.05) is 23.6 Å². The lowest BCUT2D eigenvalue weighted by atomic mass is 10.3. The molecule has 1 N–H and O–H groups in total. The third-order valence-corrected chi connectivity index (χ3v) is 5.84. The van der Waals surface area contributed by atoms with Crippen molar-refractivity contribution >= 4 is 40.4 Å². The number of thiazole rings is 1. The van der Waals surface area contributed by atoms with Crippen molar-refractivity contribution in [2.24, 2.45) is 0 Å². The molecule has 0 saturated carbocycles. The topological polar surface area (TPSA) is 76.2 Å². The predicted octanol–water partition coefficient (Wildman–Crippen LogP) is 4.16. The average molecular weight is 338 g/mol. The molecule has 3 heterocycles. The van der Waals surface area contributed by atoms with Crippen LogP contribution >= 0.6 is 34.4 Å². The van der Waals surface area contributed by atoms with Gasteiger partial charge >= 0.3 is 5.97 Å². The molecule has 3 rings (SSSR count). The van der Waals surface area contributed by atoms with Crippen LogP contribution in [-0.4, -0.2) is 21.2 Å². The van der Waals surface area contributed by atoms with Gasteiger partial charge in [0.2, 0.25) is 0 Å². The van der Waals surface area contributed by atoms with Crippen molar-refractivity contribution in [3.63, 3.8) is 0 Å². The Morgan fingerprint density at radius 2 is 2.38 bits per heavy atom. The Hall–Kier alpha value is -1.64. The molecule has 0 atom stereocenters. The summed E-state index contributed by atoms with van der Waals surface area (Å²) in [5.74, 6) is 0.418. The molecule has 0 unspecified atom stereocenters. The number of carboxylic acids is 1. The summed E-state index contributed by atoms with van der Waals surface area (Å²) in [5, 5.41) is 15.0. The van der Waals surface area contributed by atoms with Crippen LogP contribution in [0.15, 0.2) is 32.4 Å². The second-order valence-corrected chi connectivity index (χ2v) is 7.32. The number of nitrogens with zero attached hydrogens (tertiary/aromatic N) is 2. The fourth-order valence-corrected chi connectivity index (χ4v) is 4.26. The molecule has 0 aliphatic carbocycles. The van der Waals surface area contributed by atoms with Gasteiger partial charge in [0, 0.05) is 11.8 Å². The number of carbonyl (C=O) groups is 1. The molecule has 0 aliphatic rings. The Morgan fingerprint density at radius 1 is 1.52 bits per heavy atom. The minimum Gasteiger partial charge on any atom is -0.477 e. The van der Waals surface area contributed by atoms with Crippen molar-refractivity contribution in [2.75, 3.05) is 0 Å². The molecule has 0 bridgehead atoms. The second-order valence-electron chi connectivity index (χ2n) is 4.15. The fraction of sp³-hybridized carbons (Fsp3) is 0.154. The van der Waals surface area contributed by atoms with Gasteiger partial charge < -0.3 is 9.63 Å². The Morgan fingerprint density at radius 3 is 3.05 bits per heavy atom. The van der Waals surface area contributed by atoms with Crippen molar-refractivity contribution in [3.8, 4) is 10.6 Å². The lowest BCUT2D eigenvalue weighted by Gasteiger charge is -1.91. The first kappa shape index (κ1) is 14.3. The predicted molar refractivity (Wildman–Crippen MR) is 83.2 cm³/mol. The average Bonchev–Trinajstić information content (AvgIpc) is 3.16. The number of hydrogen-bond acceptors (Lipinski definition) is 7. The van der Waals surface area contributed by atoms with E-state index in [-0.39, 0.29) is 4.88 Å². The number of rotatable bonds is 5. The molecule has 0 amide bonds.